The average Bonchev–Trinajstić information content (AvgIpc) is 3.05. The Kier molecular flexibility index (Phi) is 6.97. The van der Waals surface area contributed by atoms with E-state index >= 15 is 0 Å². The molecular formula is C18H25N3O4. The van der Waals surface area contributed by atoms with Gasteiger partial charge in [-0.3, -0.25) is 4.68 Å². The summed E-state index contributed by atoms with van der Waals surface area (Å²) >= 11 is 0. The Morgan fingerprint density at radius 3 is 2.68 bits per heavy atom. The fraction of sp³-hybridized carbons (Fsp3) is 0.444. The van der Waals surface area contributed by atoms with E-state index in [1.807, 2.05) is 30.3 Å². The van der Waals surface area contributed by atoms with Crippen LogP contribution in [0.1, 0.15) is 31.1 Å². The van der Waals surface area contributed by atoms with Gasteiger partial charge in [-0.1, -0.05) is 44.2 Å². The van der Waals surface area contributed by atoms with Crippen LogP contribution in [0.4, 0.5) is 4.79 Å². The van der Waals surface area contributed by atoms with Gasteiger partial charge in [-0.05, 0) is 11.5 Å². The summed E-state index contributed by atoms with van der Waals surface area (Å²) in [6.07, 6.45) is 0.285. The quantitative estimate of drug-likeness (QED) is 0.677. The molecule has 1 aromatic carbocycles. The fourth-order valence-corrected chi connectivity index (χ4v) is 2.30. The van der Waals surface area contributed by atoms with Gasteiger partial charge in [0.25, 0.3) is 0 Å². The summed E-state index contributed by atoms with van der Waals surface area (Å²) < 4.78 is 6.77. The molecule has 2 unspecified atom stereocenters. The molecule has 1 heterocycles. The molecule has 0 aliphatic rings. The van der Waals surface area contributed by atoms with Crippen molar-refractivity contribution in [3.05, 3.63) is 53.9 Å². The molecule has 2 aromatic rings. The number of ether oxygens (including phenoxy) is 1. The van der Waals surface area contributed by atoms with Gasteiger partial charge in [0.2, 0.25) is 0 Å². The molecule has 7 nitrogen and oxygen atoms in total. The van der Waals surface area contributed by atoms with Crippen LogP contribution in [0.5, 0.6) is 0 Å². The van der Waals surface area contributed by atoms with Gasteiger partial charge in [-0.15, -0.1) is 0 Å². The summed E-state index contributed by atoms with van der Waals surface area (Å²) in [6, 6.07) is 9.29. The zero-order chi connectivity index (χ0) is 18.2. The molecule has 7 heteroatoms. The Morgan fingerprint density at radius 1 is 1.28 bits per heavy atom. The number of nitrogens with one attached hydrogen (secondary N) is 1. The van der Waals surface area contributed by atoms with Crippen LogP contribution in [0, 0.1) is 5.92 Å². The van der Waals surface area contributed by atoms with E-state index in [0.29, 0.717) is 11.5 Å². The number of carbonyl (C=O) groups is 1. The Morgan fingerprint density at radius 2 is 2.00 bits per heavy atom. The highest BCUT2D eigenvalue weighted by Crippen LogP contribution is 2.16. The van der Waals surface area contributed by atoms with Crippen molar-refractivity contribution >= 4 is 6.09 Å². The molecule has 0 saturated heterocycles. The van der Waals surface area contributed by atoms with Crippen molar-refractivity contribution < 1.29 is 19.7 Å². The second-order valence-corrected chi connectivity index (χ2v) is 6.34. The molecule has 2 rings (SSSR count). The highest BCUT2D eigenvalue weighted by atomic mass is 16.5. The minimum absolute atomic E-state index is 0.121. The Bertz CT molecular complexity index is 657. The van der Waals surface area contributed by atoms with Crippen molar-refractivity contribution in [2.24, 2.45) is 5.92 Å². The van der Waals surface area contributed by atoms with Crippen molar-refractivity contribution in [3.8, 4) is 0 Å². The van der Waals surface area contributed by atoms with Crippen molar-refractivity contribution in [1.82, 2.24) is 15.1 Å². The standard InChI is InChI=1S/C18H25N3O4/c1-13(2)10-21-11-15(8-20-21)17(23)16(22)9-19-18(24)25-12-14-6-4-3-5-7-14/h3-8,11,13,16-17,22-23H,9-10,12H2,1-2H3,(H,19,24). The molecule has 0 fully saturated rings. The number of aliphatic hydroxyl groups excluding tert-OH is 2. The summed E-state index contributed by atoms with van der Waals surface area (Å²) in [6.45, 7) is 4.89. The maximum atomic E-state index is 11.7. The molecule has 1 aromatic heterocycles. The van der Waals surface area contributed by atoms with E-state index in [4.69, 9.17) is 4.74 Å². The molecule has 0 radical (unpaired) electrons. The molecule has 1 amide bonds. The third-order valence-corrected chi connectivity index (χ3v) is 3.58. The third kappa shape index (κ3) is 6.21. The van der Waals surface area contributed by atoms with Crippen LogP contribution >= 0.6 is 0 Å². The zero-order valence-corrected chi connectivity index (χ0v) is 14.5. The Balaban J connectivity index is 1.75. The van der Waals surface area contributed by atoms with Crippen LogP contribution in [-0.2, 0) is 17.9 Å². The van der Waals surface area contributed by atoms with Gasteiger partial charge in [-0.2, -0.15) is 5.10 Å². The molecule has 25 heavy (non-hydrogen) atoms. The first-order chi connectivity index (χ1) is 12.0. The van der Waals surface area contributed by atoms with Gasteiger partial charge in [0.05, 0.1) is 6.20 Å². The molecule has 3 N–H and O–H groups in total. The topological polar surface area (TPSA) is 96.6 Å². The lowest BCUT2D eigenvalue weighted by Crippen LogP contribution is -2.35. The summed E-state index contributed by atoms with van der Waals surface area (Å²) in [5.74, 6) is 0.427. The van der Waals surface area contributed by atoms with Gasteiger partial charge in [0.1, 0.15) is 18.8 Å². The predicted molar refractivity (Wildman–Crippen MR) is 92.7 cm³/mol. The summed E-state index contributed by atoms with van der Waals surface area (Å²) in [5.41, 5.74) is 1.38. The molecule has 136 valence electrons. The largest absolute Gasteiger partial charge is 0.445 e. The van der Waals surface area contributed by atoms with Crippen LogP contribution in [-0.4, -0.2) is 38.7 Å². The lowest BCUT2D eigenvalue weighted by atomic mass is 10.1. The fourth-order valence-electron chi connectivity index (χ4n) is 2.30. The molecular weight excluding hydrogens is 322 g/mol. The normalized spacial score (nSPS) is 13.5. The van der Waals surface area contributed by atoms with E-state index in [9.17, 15) is 15.0 Å². The second-order valence-electron chi connectivity index (χ2n) is 6.34. The van der Waals surface area contributed by atoms with E-state index < -0.39 is 18.3 Å². The van der Waals surface area contributed by atoms with Crippen molar-refractivity contribution in [2.75, 3.05) is 6.54 Å². The number of hydrogen-bond acceptors (Lipinski definition) is 5. The monoisotopic (exact) mass is 347 g/mol. The Hall–Kier alpha value is -2.38. The van der Waals surface area contributed by atoms with Crippen LogP contribution in [0.15, 0.2) is 42.7 Å². The highest BCUT2D eigenvalue weighted by Gasteiger charge is 2.21. The average molecular weight is 347 g/mol. The van der Waals surface area contributed by atoms with E-state index in [0.717, 1.165) is 12.1 Å². The van der Waals surface area contributed by atoms with E-state index in [1.165, 1.54) is 6.20 Å². The highest BCUT2D eigenvalue weighted by molar-refractivity contribution is 5.67. The number of hydrogen-bond donors (Lipinski definition) is 3. The first kappa shape index (κ1) is 19.0. The van der Waals surface area contributed by atoms with Crippen LogP contribution < -0.4 is 5.32 Å². The van der Waals surface area contributed by atoms with Crippen molar-refractivity contribution in [1.29, 1.82) is 0 Å². The van der Waals surface area contributed by atoms with Gasteiger partial charge >= 0.3 is 6.09 Å². The van der Waals surface area contributed by atoms with Gasteiger partial charge < -0.3 is 20.3 Å². The maximum absolute atomic E-state index is 11.7. The number of nitrogens with zero attached hydrogens (tertiary/aromatic N) is 2. The molecule has 0 bridgehead atoms. The van der Waals surface area contributed by atoms with E-state index in [1.54, 1.807) is 10.9 Å². The summed E-state index contributed by atoms with van der Waals surface area (Å²) in [4.78, 5) is 11.7. The van der Waals surface area contributed by atoms with E-state index in [-0.39, 0.29) is 13.2 Å². The van der Waals surface area contributed by atoms with Crippen LogP contribution in [0.25, 0.3) is 0 Å². The lowest BCUT2D eigenvalue weighted by Gasteiger charge is -2.17. The van der Waals surface area contributed by atoms with Crippen LogP contribution in [0.2, 0.25) is 0 Å². The SMILES string of the molecule is CC(C)Cn1cc(C(O)C(O)CNC(=O)OCc2ccccc2)cn1. The zero-order valence-electron chi connectivity index (χ0n) is 14.5. The molecule has 0 saturated carbocycles. The minimum Gasteiger partial charge on any atom is -0.445 e. The summed E-state index contributed by atoms with van der Waals surface area (Å²) in [7, 11) is 0. The number of amides is 1. The summed E-state index contributed by atoms with van der Waals surface area (Å²) in [5, 5.41) is 26.8. The number of benzene rings is 1. The second kappa shape index (κ2) is 9.19. The van der Waals surface area contributed by atoms with Gasteiger partial charge in [0, 0.05) is 24.8 Å². The van der Waals surface area contributed by atoms with Gasteiger partial charge in [0.15, 0.2) is 0 Å². The molecule has 0 aliphatic carbocycles. The smallest absolute Gasteiger partial charge is 0.407 e. The lowest BCUT2D eigenvalue weighted by molar-refractivity contribution is 0.0183. The number of aromatic nitrogens is 2. The number of alkyl carbamates (subject to hydrolysis) is 1. The van der Waals surface area contributed by atoms with Crippen molar-refractivity contribution in [3.63, 3.8) is 0 Å². The van der Waals surface area contributed by atoms with Crippen LogP contribution in [0.3, 0.4) is 0 Å². The van der Waals surface area contributed by atoms with E-state index in [2.05, 4.69) is 24.3 Å². The third-order valence-electron chi connectivity index (χ3n) is 3.58. The first-order valence-corrected chi connectivity index (χ1v) is 8.28. The molecule has 0 spiro atoms. The van der Waals surface area contributed by atoms with Gasteiger partial charge in [-0.25, -0.2) is 4.79 Å². The first-order valence-electron chi connectivity index (χ1n) is 8.28. The number of rotatable bonds is 8. The number of carbonyl (C=O) groups excluding carboxylic acids is 1. The predicted octanol–water partition coefficient (Wildman–Crippen LogP) is 1.86. The minimum atomic E-state index is -1.15. The molecule has 0 aliphatic heterocycles. The van der Waals surface area contributed by atoms with Crippen molar-refractivity contribution in [2.45, 2.75) is 39.2 Å². The maximum Gasteiger partial charge on any atom is 0.407 e. The number of aliphatic hydroxyl groups is 2. The molecule has 2 atom stereocenters. The Labute approximate surface area is 147 Å².